The summed E-state index contributed by atoms with van der Waals surface area (Å²) in [5, 5.41) is 0. The lowest BCUT2D eigenvalue weighted by Crippen LogP contribution is -2.17. The van der Waals surface area contributed by atoms with Crippen LogP contribution in [0.1, 0.15) is 64.7 Å². The van der Waals surface area contributed by atoms with Gasteiger partial charge in [-0.2, -0.15) is 0 Å². The molecule has 1 aromatic rings. The molecule has 18 heavy (non-hydrogen) atoms. The van der Waals surface area contributed by atoms with Gasteiger partial charge < -0.3 is 4.42 Å². The molecular weight excluding hydrogens is 222 g/mol. The Morgan fingerprint density at radius 1 is 1.22 bits per heavy atom. The predicted octanol–water partition coefficient (Wildman–Crippen LogP) is 4.85. The van der Waals surface area contributed by atoms with Crippen molar-refractivity contribution in [2.45, 2.75) is 65.2 Å². The fourth-order valence-electron chi connectivity index (χ4n) is 3.68. The minimum atomic E-state index is 0.811. The second-order valence-electron chi connectivity index (χ2n) is 5.80. The van der Waals surface area contributed by atoms with Gasteiger partial charge in [-0.05, 0) is 37.0 Å². The highest BCUT2D eigenvalue weighted by molar-refractivity contribution is 4.91. The highest BCUT2D eigenvalue weighted by Gasteiger charge is 2.34. The molecule has 102 valence electrons. The van der Waals surface area contributed by atoms with Gasteiger partial charge in [-0.25, -0.2) is 4.98 Å². The lowest BCUT2D eigenvalue weighted by atomic mass is 9.82. The number of nitrogens with zero attached hydrogens (tertiary/aromatic N) is 1. The molecule has 2 rings (SSSR count). The molecule has 1 fully saturated rings. The smallest absolute Gasteiger partial charge is 0.194 e. The Labute approximate surface area is 111 Å². The molecule has 1 aliphatic rings. The van der Waals surface area contributed by atoms with E-state index in [4.69, 9.17) is 4.42 Å². The average Bonchev–Trinajstić information content (AvgIpc) is 3.01. The summed E-state index contributed by atoms with van der Waals surface area (Å²) in [6, 6.07) is 0. The summed E-state index contributed by atoms with van der Waals surface area (Å²) in [4.78, 5) is 4.29. The fourth-order valence-corrected chi connectivity index (χ4v) is 3.68. The van der Waals surface area contributed by atoms with E-state index >= 15 is 0 Å². The number of unbranched alkanes of at least 4 members (excludes halogenated alkanes) is 2. The van der Waals surface area contributed by atoms with Crippen molar-refractivity contribution in [2.24, 2.45) is 17.8 Å². The van der Waals surface area contributed by atoms with Crippen molar-refractivity contribution in [3.8, 4) is 0 Å². The highest BCUT2D eigenvalue weighted by atomic mass is 16.3. The van der Waals surface area contributed by atoms with Gasteiger partial charge in [-0.15, -0.1) is 0 Å². The Hall–Kier alpha value is -0.790. The number of hydrogen-bond acceptors (Lipinski definition) is 2. The quantitative estimate of drug-likeness (QED) is 0.646. The zero-order valence-corrected chi connectivity index (χ0v) is 11.9. The van der Waals surface area contributed by atoms with E-state index in [0.717, 1.165) is 30.1 Å². The van der Waals surface area contributed by atoms with Crippen molar-refractivity contribution in [1.82, 2.24) is 4.98 Å². The van der Waals surface area contributed by atoms with Crippen LogP contribution >= 0.6 is 0 Å². The second-order valence-corrected chi connectivity index (χ2v) is 5.80. The van der Waals surface area contributed by atoms with Crippen LogP contribution in [-0.4, -0.2) is 4.98 Å². The first-order valence-electron chi connectivity index (χ1n) is 7.73. The van der Waals surface area contributed by atoms with Crippen molar-refractivity contribution in [1.29, 1.82) is 0 Å². The van der Waals surface area contributed by atoms with Gasteiger partial charge in [0.1, 0.15) is 6.26 Å². The number of rotatable bonds is 7. The van der Waals surface area contributed by atoms with Crippen LogP contribution in [0.15, 0.2) is 16.9 Å². The van der Waals surface area contributed by atoms with Gasteiger partial charge in [-0.3, -0.25) is 0 Å². The SMILES string of the molecule is CCCCCC1C(CC)CCC1Cc1ncco1. The molecule has 2 heteroatoms. The Bertz CT molecular complexity index is 320. The Morgan fingerprint density at radius 3 is 2.72 bits per heavy atom. The third kappa shape index (κ3) is 3.37. The Morgan fingerprint density at radius 2 is 2.06 bits per heavy atom. The van der Waals surface area contributed by atoms with Crippen LogP contribution in [-0.2, 0) is 6.42 Å². The molecule has 0 N–H and O–H groups in total. The molecule has 1 aromatic heterocycles. The van der Waals surface area contributed by atoms with Gasteiger partial charge in [-0.1, -0.05) is 39.5 Å². The summed E-state index contributed by atoms with van der Waals surface area (Å²) in [6.07, 6.45) is 14.2. The van der Waals surface area contributed by atoms with Crippen molar-refractivity contribution >= 4 is 0 Å². The van der Waals surface area contributed by atoms with Crippen molar-refractivity contribution in [3.05, 3.63) is 18.4 Å². The highest BCUT2D eigenvalue weighted by Crippen LogP contribution is 2.43. The molecule has 2 nitrogen and oxygen atoms in total. The third-order valence-corrected chi connectivity index (χ3v) is 4.70. The summed E-state index contributed by atoms with van der Waals surface area (Å²) in [6.45, 7) is 4.64. The third-order valence-electron chi connectivity index (χ3n) is 4.70. The molecule has 3 atom stereocenters. The van der Waals surface area contributed by atoms with E-state index in [0.29, 0.717) is 0 Å². The molecule has 1 aliphatic carbocycles. The fraction of sp³-hybridized carbons (Fsp3) is 0.812. The minimum Gasteiger partial charge on any atom is -0.449 e. The maximum Gasteiger partial charge on any atom is 0.194 e. The molecule has 0 saturated heterocycles. The minimum absolute atomic E-state index is 0.811. The van der Waals surface area contributed by atoms with Crippen LogP contribution in [0.4, 0.5) is 0 Å². The van der Waals surface area contributed by atoms with E-state index in [1.165, 1.54) is 44.9 Å². The maximum absolute atomic E-state index is 5.43. The molecule has 0 amide bonds. The van der Waals surface area contributed by atoms with Crippen LogP contribution in [0.5, 0.6) is 0 Å². The molecule has 0 aromatic carbocycles. The van der Waals surface area contributed by atoms with Crippen LogP contribution in [0.25, 0.3) is 0 Å². The van der Waals surface area contributed by atoms with Crippen LogP contribution < -0.4 is 0 Å². The van der Waals surface area contributed by atoms with Crippen LogP contribution in [0.2, 0.25) is 0 Å². The molecule has 1 heterocycles. The summed E-state index contributed by atoms with van der Waals surface area (Å²) in [5.74, 6) is 3.61. The van der Waals surface area contributed by atoms with Gasteiger partial charge in [0.25, 0.3) is 0 Å². The topological polar surface area (TPSA) is 26.0 Å². The Kier molecular flexibility index (Phi) is 5.27. The summed E-state index contributed by atoms with van der Waals surface area (Å²) in [7, 11) is 0. The van der Waals surface area contributed by atoms with Gasteiger partial charge in [0.05, 0.1) is 6.20 Å². The van der Waals surface area contributed by atoms with Crippen molar-refractivity contribution < 1.29 is 4.42 Å². The van der Waals surface area contributed by atoms with E-state index in [9.17, 15) is 0 Å². The zero-order valence-electron chi connectivity index (χ0n) is 11.9. The van der Waals surface area contributed by atoms with E-state index in [1.807, 2.05) is 0 Å². The monoisotopic (exact) mass is 249 g/mol. The van der Waals surface area contributed by atoms with Crippen LogP contribution in [0.3, 0.4) is 0 Å². The van der Waals surface area contributed by atoms with Crippen molar-refractivity contribution in [3.63, 3.8) is 0 Å². The predicted molar refractivity (Wildman–Crippen MR) is 74.3 cm³/mol. The summed E-state index contributed by atoms with van der Waals surface area (Å²) in [5.41, 5.74) is 0. The standard InChI is InChI=1S/C16H27NO/c1-3-5-6-7-15-13(4-2)8-9-14(15)12-16-17-10-11-18-16/h10-11,13-15H,3-9,12H2,1-2H3. The first-order valence-corrected chi connectivity index (χ1v) is 7.73. The van der Waals surface area contributed by atoms with Gasteiger partial charge in [0, 0.05) is 6.42 Å². The van der Waals surface area contributed by atoms with E-state index < -0.39 is 0 Å². The molecule has 3 unspecified atom stereocenters. The summed E-state index contributed by atoms with van der Waals surface area (Å²) < 4.78 is 5.43. The Balaban J connectivity index is 1.90. The second kappa shape index (κ2) is 6.96. The van der Waals surface area contributed by atoms with Gasteiger partial charge in [0.2, 0.25) is 0 Å². The molecular formula is C16H27NO. The zero-order chi connectivity index (χ0) is 12.8. The number of hydrogen-bond donors (Lipinski definition) is 0. The van der Waals surface area contributed by atoms with E-state index in [-0.39, 0.29) is 0 Å². The lowest BCUT2D eigenvalue weighted by Gasteiger charge is -2.23. The first-order chi connectivity index (χ1) is 8.85. The molecule has 0 bridgehead atoms. The van der Waals surface area contributed by atoms with Gasteiger partial charge >= 0.3 is 0 Å². The lowest BCUT2D eigenvalue weighted by molar-refractivity contribution is 0.263. The first kappa shape index (κ1) is 13.6. The van der Waals surface area contributed by atoms with E-state index in [2.05, 4.69) is 18.8 Å². The van der Waals surface area contributed by atoms with Gasteiger partial charge in [0.15, 0.2) is 5.89 Å². The molecule has 0 aliphatic heterocycles. The maximum atomic E-state index is 5.43. The molecule has 1 saturated carbocycles. The number of aromatic nitrogens is 1. The average molecular weight is 249 g/mol. The number of oxazole rings is 1. The largest absolute Gasteiger partial charge is 0.449 e. The van der Waals surface area contributed by atoms with E-state index in [1.54, 1.807) is 12.5 Å². The van der Waals surface area contributed by atoms with Crippen LogP contribution in [0, 0.1) is 17.8 Å². The summed E-state index contributed by atoms with van der Waals surface area (Å²) >= 11 is 0. The molecule has 0 radical (unpaired) electrons. The normalized spacial score (nSPS) is 27.8. The van der Waals surface area contributed by atoms with Crippen molar-refractivity contribution in [2.75, 3.05) is 0 Å². The molecule has 0 spiro atoms.